The van der Waals surface area contributed by atoms with Gasteiger partial charge in [0.1, 0.15) is 0 Å². The highest BCUT2D eigenvalue weighted by Gasteiger charge is 2.26. The van der Waals surface area contributed by atoms with Crippen molar-refractivity contribution in [3.05, 3.63) is 52.7 Å². The minimum atomic E-state index is -0.398. The van der Waals surface area contributed by atoms with Crippen molar-refractivity contribution >= 4 is 35.4 Å². The summed E-state index contributed by atoms with van der Waals surface area (Å²) in [6.45, 7) is 0.441. The maximum atomic E-state index is 11.9. The fraction of sp³-hybridized carbons (Fsp3) is 0.238. The third kappa shape index (κ3) is 3.93. The van der Waals surface area contributed by atoms with Crippen LogP contribution >= 0.6 is 0 Å². The molecule has 5 rings (SSSR count). The lowest BCUT2D eigenvalue weighted by Crippen LogP contribution is -2.19. The van der Waals surface area contributed by atoms with E-state index in [0.717, 1.165) is 18.4 Å². The van der Waals surface area contributed by atoms with Crippen molar-refractivity contribution in [3.63, 3.8) is 0 Å². The summed E-state index contributed by atoms with van der Waals surface area (Å²) in [5.74, 6) is 0.230. The third-order valence-electron chi connectivity index (χ3n) is 5.04. The number of carbonyl (C=O) groups is 2. The van der Waals surface area contributed by atoms with Crippen molar-refractivity contribution in [1.29, 1.82) is 5.26 Å². The van der Waals surface area contributed by atoms with E-state index in [1.807, 2.05) is 12.1 Å². The van der Waals surface area contributed by atoms with E-state index < -0.39 is 5.91 Å². The number of aromatic nitrogens is 4. The molecule has 2 fully saturated rings. The van der Waals surface area contributed by atoms with Crippen LogP contribution in [0, 0.1) is 11.3 Å². The number of hydrogen-bond acceptors (Lipinski definition) is 8. The van der Waals surface area contributed by atoms with Crippen molar-refractivity contribution in [2.75, 3.05) is 10.6 Å². The first kappa shape index (κ1) is 18.7. The van der Waals surface area contributed by atoms with Crippen molar-refractivity contribution in [3.8, 4) is 6.07 Å². The molecule has 10 nitrogen and oxygen atoms in total. The summed E-state index contributed by atoms with van der Waals surface area (Å²) in [7, 11) is 0. The summed E-state index contributed by atoms with van der Waals surface area (Å²) in [6.07, 6.45) is 5.40. The Balaban J connectivity index is 1.49. The number of fused-ring (bicyclic) bond motifs is 1. The molecule has 0 bridgehead atoms. The zero-order valence-corrected chi connectivity index (χ0v) is 16.4. The predicted molar refractivity (Wildman–Crippen MR) is 112 cm³/mol. The Hall–Kier alpha value is -4.26. The van der Waals surface area contributed by atoms with E-state index in [-0.39, 0.29) is 12.3 Å². The summed E-state index contributed by atoms with van der Waals surface area (Å²) in [6, 6.07) is 9.78. The molecule has 3 heterocycles. The summed E-state index contributed by atoms with van der Waals surface area (Å²) in [5.41, 5.74) is 3.02. The molecule has 2 amide bonds. The number of carbonyl (C=O) groups excluding carboxylic acids is 2. The van der Waals surface area contributed by atoms with Crippen molar-refractivity contribution in [2.24, 2.45) is 0 Å². The van der Waals surface area contributed by atoms with Crippen LogP contribution in [0.25, 0.3) is 11.7 Å². The quantitative estimate of drug-likeness (QED) is 0.409. The Bertz CT molecular complexity index is 1280. The second-order valence-electron chi connectivity index (χ2n) is 7.51. The van der Waals surface area contributed by atoms with Gasteiger partial charge in [-0.15, -0.1) is 0 Å². The van der Waals surface area contributed by atoms with Gasteiger partial charge in [0.15, 0.2) is 5.65 Å². The van der Waals surface area contributed by atoms with Gasteiger partial charge in [-0.05, 0) is 36.6 Å². The number of nitrogens with zero attached hydrogens (tertiary/aromatic N) is 5. The van der Waals surface area contributed by atoms with Gasteiger partial charge in [0.2, 0.25) is 17.8 Å². The SMILES string of the molecule is N#Cc1cccc(CNc2nc(NC3CC3)n3ncc(/C=C4\CC(=O)NC4=O)c3n2)c1. The number of anilines is 2. The molecule has 3 aromatic rings. The van der Waals surface area contributed by atoms with Gasteiger partial charge in [-0.3, -0.25) is 14.9 Å². The number of benzene rings is 1. The van der Waals surface area contributed by atoms with E-state index in [9.17, 15) is 9.59 Å². The minimum absolute atomic E-state index is 0.0365. The largest absolute Gasteiger partial charge is 0.351 e. The first-order valence-electron chi connectivity index (χ1n) is 9.89. The van der Waals surface area contributed by atoms with Crippen LogP contribution in [0.3, 0.4) is 0 Å². The fourth-order valence-electron chi connectivity index (χ4n) is 3.32. The molecular formula is C21H18N8O2. The van der Waals surface area contributed by atoms with E-state index in [1.54, 1.807) is 28.9 Å². The highest BCUT2D eigenvalue weighted by atomic mass is 16.2. The Morgan fingerprint density at radius 3 is 2.90 bits per heavy atom. The van der Waals surface area contributed by atoms with Gasteiger partial charge in [0, 0.05) is 23.7 Å². The van der Waals surface area contributed by atoms with Gasteiger partial charge in [-0.25, -0.2) is 0 Å². The molecule has 154 valence electrons. The lowest BCUT2D eigenvalue weighted by molar-refractivity contribution is -0.124. The number of imide groups is 1. The van der Waals surface area contributed by atoms with Crippen LogP contribution in [0.2, 0.25) is 0 Å². The van der Waals surface area contributed by atoms with Crippen molar-refractivity contribution in [2.45, 2.75) is 31.8 Å². The zero-order chi connectivity index (χ0) is 21.4. The lowest BCUT2D eigenvalue weighted by Gasteiger charge is -2.10. The maximum Gasteiger partial charge on any atom is 0.254 e. The Kier molecular flexibility index (Phi) is 4.55. The van der Waals surface area contributed by atoms with E-state index in [4.69, 9.17) is 5.26 Å². The number of rotatable bonds is 6. The van der Waals surface area contributed by atoms with Gasteiger partial charge in [0.25, 0.3) is 5.91 Å². The molecule has 1 aliphatic carbocycles. The highest BCUT2D eigenvalue weighted by molar-refractivity contribution is 6.15. The molecule has 1 saturated carbocycles. The zero-order valence-electron chi connectivity index (χ0n) is 16.4. The topological polar surface area (TPSA) is 137 Å². The Labute approximate surface area is 177 Å². The fourth-order valence-corrected chi connectivity index (χ4v) is 3.32. The standard InChI is InChI=1S/C21H18N8O2/c22-9-12-2-1-3-13(6-12)10-23-20-27-18-15(7-14-8-17(30)26-19(14)31)11-24-29(18)21(28-20)25-16-4-5-16/h1-3,6-7,11,16H,4-5,8,10H2,(H,26,30,31)(H2,23,25,27,28)/b14-7+. The summed E-state index contributed by atoms with van der Waals surface area (Å²) in [4.78, 5) is 32.6. The van der Waals surface area contributed by atoms with Gasteiger partial charge in [-0.2, -0.15) is 24.8 Å². The van der Waals surface area contributed by atoms with Crippen LogP contribution in [-0.4, -0.2) is 37.4 Å². The number of amides is 2. The average Bonchev–Trinajstić information content (AvgIpc) is 3.41. The molecule has 2 aliphatic rings. The summed E-state index contributed by atoms with van der Waals surface area (Å²) < 4.78 is 1.60. The van der Waals surface area contributed by atoms with E-state index in [1.165, 1.54) is 0 Å². The number of nitrogens with one attached hydrogen (secondary N) is 3. The van der Waals surface area contributed by atoms with Gasteiger partial charge >= 0.3 is 0 Å². The number of nitriles is 1. The van der Waals surface area contributed by atoms with Crippen LogP contribution in [0.15, 0.2) is 36.0 Å². The lowest BCUT2D eigenvalue weighted by atomic mass is 10.1. The summed E-state index contributed by atoms with van der Waals surface area (Å²) >= 11 is 0. The number of hydrogen-bond donors (Lipinski definition) is 3. The Morgan fingerprint density at radius 2 is 2.16 bits per heavy atom. The van der Waals surface area contributed by atoms with Gasteiger partial charge in [-0.1, -0.05) is 12.1 Å². The normalized spacial score (nSPS) is 17.1. The van der Waals surface area contributed by atoms with E-state index in [2.05, 4.69) is 37.1 Å². The molecule has 1 aromatic carbocycles. The van der Waals surface area contributed by atoms with Crippen LogP contribution in [0.5, 0.6) is 0 Å². The highest BCUT2D eigenvalue weighted by Crippen LogP contribution is 2.26. The van der Waals surface area contributed by atoms with Crippen molar-refractivity contribution < 1.29 is 9.59 Å². The Morgan fingerprint density at radius 1 is 1.29 bits per heavy atom. The molecule has 1 aliphatic heterocycles. The molecule has 10 heteroatoms. The molecule has 0 atom stereocenters. The summed E-state index contributed by atoms with van der Waals surface area (Å²) in [5, 5.41) is 22.3. The second-order valence-corrected chi connectivity index (χ2v) is 7.51. The maximum absolute atomic E-state index is 11.9. The molecule has 2 aromatic heterocycles. The van der Waals surface area contributed by atoms with Crippen molar-refractivity contribution in [1.82, 2.24) is 24.9 Å². The molecule has 3 N–H and O–H groups in total. The van der Waals surface area contributed by atoms with E-state index >= 15 is 0 Å². The molecule has 1 saturated heterocycles. The van der Waals surface area contributed by atoms with Crippen LogP contribution < -0.4 is 16.0 Å². The van der Waals surface area contributed by atoms with Gasteiger partial charge < -0.3 is 10.6 Å². The molecular weight excluding hydrogens is 396 g/mol. The minimum Gasteiger partial charge on any atom is -0.351 e. The van der Waals surface area contributed by atoms with Gasteiger partial charge in [0.05, 0.1) is 24.3 Å². The molecule has 0 radical (unpaired) electrons. The van der Waals surface area contributed by atoms with Crippen LogP contribution in [0.1, 0.15) is 36.0 Å². The molecule has 0 unspecified atom stereocenters. The van der Waals surface area contributed by atoms with E-state index in [0.29, 0.717) is 46.8 Å². The third-order valence-corrected chi connectivity index (χ3v) is 5.04. The predicted octanol–water partition coefficient (Wildman–Crippen LogP) is 1.61. The average molecular weight is 414 g/mol. The molecule has 31 heavy (non-hydrogen) atoms. The van der Waals surface area contributed by atoms with Crippen LogP contribution in [0.4, 0.5) is 11.9 Å². The monoisotopic (exact) mass is 414 g/mol. The molecule has 0 spiro atoms. The second kappa shape index (κ2) is 7.53. The first-order chi connectivity index (χ1) is 15.1. The van der Waals surface area contributed by atoms with Crippen LogP contribution in [-0.2, 0) is 16.1 Å². The smallest absolute Gasteiger partial charge is 0.254 e. The first-order valence-corrected chi connectivity index (χ1v) is 9.89.